The largest absolute Gasteiger partial charge is 0.492 e. The molecule has 0 radical (unpaired) electrons. The van der Waals surface area contributed by atoms with Crippen LogP contribution in [0, 0.1) is 0 Å². The van der Waals surface area contributed by atoms with E-state index in [4.69, 9.17) is 9.84 Å². The fourth-order valence-electron chi connectivity index (χ4n) is 3.47. The van der Waals surface area contributed by atoms with E-state index in [2.05, 4.69) is 10.0 Å². The molecular weight excluding hydrogens is 460 g/mol. The van der Waals surface area contributed by atoms with Crippen molar-refractivity contribution < 1.29 is 32.6 Å². The predicted octanol–water partition coefficient (Wildman–Crippen LogP) is 2.74. The topological polar surface area (TPSA) is 139 Å². The number of benzene rings is 3. The fourth-order valence-corrected chi connectivity index (χ4v) is 4.77. The number of ether oxygens (including phenoxy) is 1. The third-order valence-corrected chi connectivity index (χ3v) is 6.46. The van der Waals surface area contributed by atoms with Gasteiger partial charge in [0, 0.05) is 25.1 Å². The van der Waals surface area contributed by atoms with Gasteiger partial charge in [0.1, 0.15) is 16.9 Å². The molecular formula is C24H24N2O7S. The van der Waals surface area contributed by atoms with E-state index in [1.54, 1.807) is 0 Å². The molecule has 178 valence electrons. The molecule has 0 aliphatic rings. The second kappa shape index (κ2) is 10.9. The van der Waals surface area contributed by atoms with Crippen LogP contribution >= 0.6 is 0 Å². The minimum absolute atomic E-state index is 0.0426. The van der Waals surface area contributed by atoms with Crippen molar-refractivity contribution in [1.29, 1.82) is 0 Å². The Morgan fingerprint density at radius 1 is 1.09 bits per heavy atom. The molecule has 1 atom stereocenters. The molecule has 3 aromatic carbocycles. The summed E-state index contributed by atoms with van der Waals surface area (Å²) >= 11 is 0. The van der Waals surface area contributed by atoms with Gasteiger partial charge in [0.05, 0.1) is 19.1 Å². The summed E-state index contributed by atoms with van der Waals surface area (Å²) in [6, 6.07) is 16.3. The number of sulfonamides is 1. The zero-order valence-corrected chi connectivity index (χ0v) is 19.2. The van der Waals surface area contributed by atoms with Crippen molar-refractivity contribution in [2.75, 3.05) is 11.9 Å². The smallest absolute Gasteiger partial charge is 0.305 e. The van der Waals surface area contributed by atoms with E-state index in [-0.39, 0.29) is 29.4 Å². The predicted molar refractivity (Wildman–Crippen MR) is 126 cm³/mol. The van der Waals surface area contributed by atoms with E-state index < -0.39 is 28.5 Å². The molecule has 3 aromatic rings. The van der Waals surface area contributed by atoms with Crippen LogP contribution in [0.5, 0.6) is 5.75 Å². The molecule has 0 aromatic heterocycles. The van der Waals surface area contributed by atoms with Gasteiger partial charge < -0.3 is 20.0 Å². The Labute approximate surface area is 196 Å². The minimum Gasteiger partial charge on any atom is -0.492 e. The lowest BCUT2D eigenvalue weighted by Gasteiger charge is -2.16. The van der Waals surface area contributed by atoms with E-state index in [0.717, 1.165) is 16.3 Å². The van der Waals surface area contributed by atoms with Crippen LogP contribution in [0.4, 0.5) is 5.69 Å². The lowest BCUT2D eigenvalue weighted by atomic mass is 10.0. The highest BCUT2D eigenvalue weighted by atomic mass is 32.2. The summed E-state index contributed by atoms with van der Waals surface area (Å²) in [5.41, 5.74) is 1.34. The van der Waals surface area contributed by atoms with Crippen molar-refractivity contribution in [2.45, 2.75) is 30.7 Å². The summed E-state index contributed by atoms with van der Waals surface area (Å²) in [5.74, 6) is -1.72. The van der Waals surface area contributed by atoms with Gasteiger partial charge in [-0.3, -0.25) is 9.59 Å². The summed E-state index contributed by atoms with van der Waals surface area (Å²) in [7, 11) is -4.31. The van der Waals surface area contributed by atoms with Crippen LogP contribution in [-0.2, 0) is 30.8 Å². The van der Waals surface area contributed by atoms with Crippen LogP contribution in [0.2, 0.25) is 0 Å². The first kappa shape index (κ1) is 24.9. The van der Waals surface area contributed by atoms with Gasteiger partial charge in [-0.1, -0.05) is 42.5 Å². The maximum atomic E-state index is 12.9. The van der Waals surface area contributed by atoms with E-state index in [0.29, 0.717) is 12.1 Å². The molecule has 0 fully saturated rings. The van der Waals surface area contributed by atoms with Gasteiger partial charge in [0.15, 0.2) is 0 Å². The number of fused-ring (bicyclic) bond motifs is 1. The van der Waals surface area contributed by atoms with E-state index >= 15 is 0 Å². The molecule has 0 saturated heterocycles. The Hall–Kier alpha value is -3.76. The van der Waals surface area contributed by atoms with Crippen LogP contribution in [0.1, 0.15) is 18.9 Å². The lowest BCUT2D eigenvalue weighted by molar-refractivity contribution is -0.138. The summed E-state index contributed by atoms with van der Waals surface area (Å²) in [4.78, 5) is 33.3. The minimum atomic E-state index is -4.31. The lowest BCUT2D eigenvalue weighted by Crippen LogP contribution is -2.37. The first-order valence-electron chi connectivity index (χ1n) is 10.4. The highest BCUT2D eigenvalue weighted by Crippen LogP contribution is 2.28. The highest BCUT2D eigenvalue weighted by Gasteiger charge is 2.25. The zero-order chi connectivity index (χ0) is 24.7. The van der Waals surface area contributed by atoms with Crippen molar-refractivity contribution in [3.63, 3.8) is 0 Å². The van der Waals surface area contributed by atoms with Crippen molar-refractivity contribution >= 4 is 44.6 Å². The van der Waals surface area contributed by atoms with E-state index in [9.17, 15) is 22.8 Å². The molecule has 0 aliphatic heterocycles. The van der Waals surface area contributed by atoms with Gasteiger partial charge >= 0.3 is 5.97 Å². The number of rotatable bonds is 11. The molecule has 0 aliphatic carbocycles. The molecule has 3 N–H and O–H groups in total. The Morgan fingerprint density at radius 2 is 1.82 bits per heavy atom. The van der Waals surface area contributed by atoms with Gasteiger partial charge in [-0.15, -0.1) is 0 Å². The number of amides is 1. The summed E-state index contributed by atoms with van der Waals surface area (Å²) < 4.78 is 33.7. The Bertz CT molecular complexity index is 1320. The maximum Gasteiger partial charge on any atom is 0.305 e. The van der Waals surface area contributed by atoms with Crippen LogP contribution in [0.3, 0.4) is 0 Å². The Kier molecular flexibility index (Phi) is 7.98. The monoisotopic (exact) mass is 484 g/mol. The van der Waals surface area contributed by atoms with E-state index in [1.165, 1.54) is 25.1 Å². The van der Waals surface area contributed by atoms with Crippen molar-refractivity contribution in [3.8, 4) is 5.75 Å². The molecule has 3 rings (SSSR count). The quantitative estimate of drug-likeness (QED) is 0.356. The van der Waals surface area contributed by atoms with Crippen molar-refractivity contribution in [3.05, 3.63) is 66.2 Å². The molecule has 10 heteroatoms. The number of carbonyl (C=O) groups excluding carboxylic acids is 2. The molecule has 9 nitrogen and oxygen atoms in total. The fraction of sp³-hybridized carbons (Fsp3) is 0.208. The number of hydrogen-bond donors (Lipinski definition) is 3. The second-order valence-corrected chi connectivity index (χ2v) is 9.22. The van der Waals surface area contributed by atoms with Crippen LogP contribution in [-0.4, -0.2) is 44.3 Å². The zero-order valence-electron chi connectivity index (χ0n) is 18.4. The van der Waals surface area contributed by atoms with Crippen molar-refractivity contribution in [1.82, 2.24) is 4.72 Å². The van der Waals surface area contributed by atoms with Gasteiger partial charge in [0.2, 0.25) is 15.9 Å². The van der Waals surface area contributed by atoms with Gasteiger partial charge in [-0.05, 0) is 28.5 Å². The average Bonchev–Trinajstić information content (AvgIpc) is 2.78. The van der Waals surface area contributed by atoms with Crippen LogP contribution in [0.25, 0.3) is 10.8 Å². The number of carbonyl (C=O) groups is 3. The molecule has 1 unspecified atom stereocenters. The molecule has 0 bridgehead atoms. The average molecular weight is 485 g/mol. The molecule has 0 spiro atoms. The molecule has 1 amide bonds. The maximum absolute atomic E-state index is 12.9. The molecule has 0 heterocycles. The highest BCUT2D eigenvalue weighted by molar-refractivity contribution is 7.89. The number of nitrogens with one attached hydrogen (secondary N) is 2. The molecule has 34 heavy (non-hydrogen) atoms. The first-order valence-corrected chi connectivity index (χ1v) is 11.9. The summed E-state index contributed by atoms with van der Waals surface area (Å²) in [6.07, 6.45) is -0.00300. The normalized spacial score (nSPS) is 12.1. The second-order valence-electron chi connectivity index (χ2n) is 7.54. The standard InChI is InChI=1S/C24H24N2O7S/c1-16(28)25-19-9-10-23(34(31,32)26-20(15-27)14-24(29)30)22(13-19)33-12-11-18-7-4-6-17-5-2-3-8-21(17)18/h2-10,13,15,20,26H,11-12,14H2,1H3,(H,25,28)(H,29,30). The number of aldehydes is 1. The third kappa shape index (κ3) is 6.40. The van der Waals surface area contributed by atoms with Crippen molar-refractivity contribution in [2.24, 2.45) is 0 Å². The number of carboxylic acids is 1. The molecule has 0 saturated carbocycles. The third-order valence-electron chi connectivity index (χ3n) is 4.93. The van der Waals surface area contributed by atoms with Gasteiger partial charge in [0.25, 0.3) is 0 Å². The summed E-state index contributed by atoms with van der Waals surface area (Å²) in [5, 5.41) is 13.6. The van der Waals surface area contributed by atoms with Crippen LogP contribution in [0.15, 0.2) is 65.6 Å². The number of carboxylic acid groups (broad SMARTS) is 1. The van der Waals surface area contributed by atoms with Crippen LogP contribution < -0.4 is 14.8 Å². The van der Waals surface area contributed by atoms with E-state index in [1.807, 2.05) is 42.5 Å². The van der Waals surface area contributed by atoms with Gasteiger partial charge in [-0.2, -0.15) is 0 Å². The Morgan fingerprint density at radius 3 is 2.53 bits per heavy atom. The summed E-state index contributed by atoms with van der Waals surface area (Å²) in [6.45, 7) is 1.44. The van der Waals surface area contributed by atoms with Gasteiger partial charge in [-0.25, -0.2) is 13.1 Å². The first-order chi connectivity index (χ1) is 16.2. The number of anilines is 1. The number of hydrogen-bond acceptors (Lipinski definition) is 6. The number of aliphatic carboxylic acids is 1. The Balaban J connectivity index is 1.87. The SMILES string of the molecule is CC(=O)Nc1ccc(S(=O)(=O)NC(C=O)CC(=O)O)c(OCCc2cccc3ccccc23)c1.